The van der Waals surface area contributed by atoms with Crippen LogP contribution >= 0.6 is 12.6 Å². The van der Waals surface area contributed by atoms with E-state index in [1.165, 1.54) is 17.0 Å². The second kappa shape index (κ2) is 13.3. The van der Waals surface area contributed by atoms with Crippen molar-refractivity contribution in [1.82, 2.24) is 15.5 Å². The third kappa shape index (κ3) is 9.15. The number of phenols is 1. The van der Waals surface area contributed by atoms with Crippen molar-refractivity contribution in [3.05, 3.63) is 29.8 Å². The van der Waals surface area contributed by atoms with Crippen molar-refractivity contribution >= 4 is 30.5 Å². The van der Waals surface area contributed by atoms with Gasteiger partial charge in [-0.1, -0.05) is 32.4 Å². The van der Waals surface area contributed by atoms with Crippen LogP contribution in [0.4, 0.5) is 4.79 Å². The molecule has 8 nitrogen and oxygen atoms in total. The molecule has 0 aromatic heterocycles. The summed E-state index contributed by atoms with van der Waals surface area (Å²) in [6, 6.07) is 3.99. The number of carbonyl (C=O) groups is 3. The number of aromatic hydroxyl groups is 1. The molecule has 3 unspecified atom stereocenters. The maximum atomic E-state index is 13.7. The Kier molecular flexibility index (Phi) is 11.6. The molecule has 9 heteroatoms. The lowest BCUT2D eigenvalue weighted by Crippen LogP contribution is -2.56. The molecule has 0 aliphatic carbocycles. The Morgan fingerprint density at radius 2 is 1.88 bits per heavy atom. The molecule has 0 spiro atoms. The highest BCUT2D eigenvalue weighted by Crippen LogP contribution is 2.28. The molecule has 0 fully saturated rings. The Hall–Kier alpha value is -2.42. The fourth-order valence-corrected chi connectivity index (χ4v) is 3.48. The first-order chi connectivity index (χ1) is 15.4. The summed E-state index contributed by atoms with van der Waals surface area (Å²) in [6.45, 7) is 11.4. The molecule has 186 valence electrons. The fourth-order valence-electron chi connectivity index (χ4n) is 3.23. The molecule has 3 amide bonds. The van der Waals surface area contributed by atoms with Crippen LogP contribution < -0.4 is 10.6 Å². The van der Waals surface area contributed by atoms with Crippen LogP contribution in [-0.2, 0) is 14.3 Å². The highest BCUT2D eigenvalue weighted by molar-refractivity contribution is 7.80. The predicted molar refractivity (Wildman–Crippen MR) is 132 cm³/mol. The summed E-state index contributed by atoms with van der Waals surface area (Å²) in [6.07, 6.45) is 1.55. The molecular weight excluding hydrogens is 442 g/mol. The third-order valence-corrected chi connectivity index (χ3v) is 5.40. The Labute approximate surface area is 202 Å². The van der Waals surface area contributed by atoms with Crippen LogP contribution in [0.3, 0.4) is 0 Å². The monoisotopic (exact) mass is 481 g/mol. The minimum absolute atomic E-state index is 0.00645. The van der Waals surface area contributed by atoms with Gasteiger partial charge in [0.1, 0.15) is 23.4 Å². The van der Waals surface area contributed by atoms with Crippen LogP contribution in [0.5, 0.6) is 5.75 Å². The van der Waals surface area contributed by atoms with Crippen molar-refractivity contribution in [3.63, 3.8) is 0 Å². The van der Waals surface area contributed by atoms with Crippen LogP contribution in [0, 0.1) is 0 Å². The number of phenolic OH excluding ortho intramolecular Hbond substituents is 1. The number of hydrogen-bond acceptors (Lipinski definition) is 6. The summed E-state index contributed by atoms with van der Waals surface area (Å²) in [5.41, 5.74) is -0.249. The van der Waals surface area contributed by atoms with E-state index in [0.29, 0.717) is 18.5 Å². The summed E-state index contributed by atoms with van der Waals surface area (Å²) in [5.74, 6) is -0.787. The predicted octanol–water partition coefficient (Wildman–Crippen LogP) is 3.80. The van der Waals surface area contributed by atoms with E-state index in [1.54, 1.807) is 32.9 Å². The molecule has 0 bridgehead atoms. The summed E-state index contributed by atoms with van der Waals surface area (Å²) in [5, 5.41) is 15.5. The summed E-state index contributed by atoms with van der Waals surface area (Å²) >= 11 is 4.27. The third-order valence-electron chi connectivity index (χ3n) is 5.03. The van der Waals surface area contributed by atoms with Gasteiger partial charge in [-0.2, -0.15) is 12.6 Å². The van der Waals surface area contributed by atoms with Crippen LogP contribution in [0.1, 0.15) is 72.4 Å². The van der Waals surface area contributed by atoms with Gasteiger partial charge < -0.3 is 25.4 Å². The van der Waals surface area contributed by atoms with Crippen molar-refractivity contribution in [2.24, 2.45) is 0 Å². The zero-order chi connectivity index (χ0) is 25.2. The van der Waals surface area contributed by atoms with E-state index in [2.05, 4.69) is 23.3 Å². The van der Waals surface area contributed by atoms with E-state index in [1.807, 2.05) is 20.8 Å². The maximum absolute atomic E-state index is 13.7. The minimum atomic E-state index is -1.000. The molecule has 3 atom stereocenters. The molecule has 3 N–H and O–H groups in total. The van der Waals surface area contributed by atoms with Crippen molar-refractivity contribution in [2.45, 2.75) is 84.5 Å². The van der Waals surface area contributed by atoms with Crippen molar-refractivity contribution < 1.29 is 24.2 Å². The molecule has 0 aliphatic rings. The van der Waals surface area contributed by atoms with Crippen LogP contribution in [0.2, 0.25) is 0 Å². The number of hydrogen-bond donors (Lipinski definition) is 4. The number of thiol groups is 1. The number of ether oxygens (including phenoxy) is 1. The van der Waals surface area contributed by atoms with Gasteiger partial charge in [0.05, 0.1) is 0 Å². The molecule has 1 rings (SSSR count). The van der Waals surface area contributed by atoms with E-state index < -0.39 is 29.7 Å². The van der Waals surface area contributed by atoms with Crippen LogP contribution in [-0.4, -0.2) is 57.9 Å². The van der Waals surface area contributed by atoms with Gasteiger partial charge in [0.25, 0.3) is 0 Å². The summed E-state index contributed by atoms with van der Waals surface area (Å²) in [4.78, 5) is 40.8. The summed E-state index contributed by atoms with van der Waals surface area (Å²) < 4.78 is 5.29. The standard InChI is InChI=1S/C24H39N3O5S/c1-7-9-13-25-21(29)20(17-11-10-12-18(28)14-17)27(16(3)8-2)22(30)19(15-33)26-23(31)32-24(4,5)6/h10-12,14,16,19-20,28,33H,7-9,13,15H2,1-6H3,(H,25,29)(H,26,31). The summed E-state index contributed by atoms with van der Waals surface area (Å²) in [7, 11) is 0. The number of amides is 3. The largest absolute Gasteiger partial charge is 0.508 e. The average molecular weight is 482 g/mol. The Morgan fingerprint density at radius 1 is 1.21 bits per heavy atom. The zero-order valence-electron chi connectivity index (χ0n) is 20.6. The first kappa shape index (κ1) is 28.6. The molecule has 33 heavy (non-hydrogen) atoms. The van der Waals surface area contributed by atoms with E-state index in [4.69, 9.17) is 4.74 Å². The van der Waals surface area contributed by atoms with E-state index >= 15 is 0 Å². The fraction of sp³-hybridized carbons (Fsp3) is 0.625. The quantitative estimate of drug-likeness (QED) is 0.284. The lowest BCUT2D eigenvalue weighted by molar-refractivity contribution is -0.144. The smallest absolute Gasteiger partial charge is 0.408 e. The highest BCUT2D eigenvalue weighted by atomic mass is 32.1. The number of benzene rings is 1. The van der Waals surface area contributed by atoms with Crippen LogP contribution in [0.15, 0.2) is 24.3 Å². The number of nitrogens with one attached hydrogen (secondary N) is 2. The van der Waals surface area contributed by atoms with Gasteiger partial charge in [-0.05, 0) is 58.2 Å². The van der Waals surface area contributed by atoms with E-state index in [-0.39, 0.29) is 23.5 Å². The number of nitrogens with zero attached hydrogens (tertiary/aromatic N) is 1. The zero-order valence-corrected chi connectivity index (χ0v) is 21.4. The molecular formula is C24H39N3O5S. The van der Waals surface area contributed by atoms with Gasteiger partial charge in [0, 0.05) is 18.3 Å². The minimum Gasteiger partial charge on any atom is -0.508 e. The van der Waals surface area contributed by atoms with Gasteiger partial charge >= 0.3 is 6.09 Å². The van der Waals surface area contributed by atoms with Gasteiger partial charge in [-0.15, -0.1) is 0 Å². The average Bonchev–Trinajstić information content (AvgIpc) is 2.73. The molecule has 1 aromatic rings. The number of alkyl carbamates (subject to hydrolysis) is 1. The first-order valence-corrected chi connectivity index (χ1v) is 12.1. The molecule has 0 heterocycles. The van der Waals surface area contributed by atoms with Gasteiger partial charge in [-0.25, -0.2) is 4.79 Å². The molecule has 1 aromatic carbocycles. The van der Waals surface area contributed by atoms with Gasteiger partial charge in [0.2, 0.25) is 11.8 Å². The number of unbranched alkanes of at least 4 members (excludes halogenated alkanes) is 1. The van der Waals surface area contributed by atoms with Crippen molar-refractivity contribution in [1.29, 1.82) is 0 Å². The van der Waals surface area contributed by atoms with Gasteiger partial charge in [-0.3, -0.25) is 9.59 Å². The normalized spacial score (nSPS) is 14.0. The molecule has 0 saturated carbocycles. The second-order valence-corrected chi connectivity index (χ2v) is 9.39. The lowest BCUT2D eigenvalue weighted by atomic mass is 10.00. The second-order valence-electron chi connectivity index (χ2n) is 9.03. The molecule has 0 radical (unpaired) electrons. The van der Waals surface area contributed by atoms with E-state index in [0.717, 1.165) is 12.8 Å². The lowest BCUT2D eigenvalue weighted by Gasteiger charge is -2.38. The van der Waals surface area contributed by atoms with Crippen LogP contribution in [0.25, 0.3) is 0 Å². The molecule has 0 saturated heterocycles. The molecule has 0 aliphatic heterocycles. The van der Waals surface area contributed by atoms with Gasteiger partial charge in [0.15, 0.2) is 0 Å². The van der Waals surface area contributed by atoms with Crippen molar-refractivity contribution in [3.8, 4) is 5.75 Å². The number of carbonyl (C=O) groups excluding carboxylic acids is 3. The van der Waals surface area contributed by atoms with E-state index in [9.17, 15) is 19.5 Å². The SMILES string of the molecule is CCCCNC(=O)C(c1cccc(O)c1)N(C(=O)C(CS)NC(=O)OC(C)(C)C)C(C)CC. The highest BCUT2D eigenvalue weighted by Gasteiger charge is 2.38. The number of rotatable bonds is 11. The Morgan fingerprint density at radius 3 is 2.39 bits per heavy atom. The topological polar surface area (TPSA) is 108 Å². The Bertz CT molecular complexity index is 797. The maximum Gasteiger partial charge on any atom is 0.408 e. The first-order valence-electron chi connectivity index (χ1n) is 11.4. The van der Waals surface area contributed by atoms with Crippen molar-refractivity contribution in [2.75, 3.05) is 12.3 Å². The Balaban J connectivity index is 3.36.